The summed E-state index contributed by atoms with van der Waals surface area (Å²) >= 11 is 0. The number of esters is 1. The van der Waals surface area contributed by atoms with Gasteiger partial charge in [0.25, 0.3) is 5.91 Å². The number of sulfonamides is 1. The molecule has 0 saturated carbocycles. The second-order valence-electron chi connectivity index (χ2n) is 7.87. The van der Waals surface area contributed by atoms with E-state index in [0.29, 0.717) is 13.2 Å². The van der Waals surface area contributed by atoms with E-state index in [4.69, 9.17) is 9.47 Å². The summed E-state index contributed by atoms with van der Waals surface area (Å²) in [5.41, 5.74) is 0.923. The Morgan fingerprint density at radius 3 is 2.44 bits per heavy atom. The Morgan fingerprint density at radius 2 is 1.81 bits per heavy atom. The van der Waals surface area contributed by atoms with Gasteiger partial charge in [-0.2, -0.15) is 4.31 Å². The molecule has 174 valence electrons. The first-order valence-electron chi connectivity index (χ1n) is 10.5. The summed E-state index contributed by atoms with van der Waals surface area (Å²) in [5.74, 6) is -0.918. The zero-order valence-electron chi connectivity index (χ0n) is 18.5. The van der Waals surface area contributed by atoms with Gasteiger partial charge in [0.15, 0.2) is 0 Å². The van der Waals surface area contributed by atoms with Crippen LogP contribution in [0.25, 0.3) is 0 Å². The van der Waals surface area contributed by atoms with Crippen LogP contribution in [0.3, 0.4) is 0 Å². The molecule has 9 nitrogen and oxygen atoms in total. The summed E-state index contributed by atoms with van der Waals surface area (Å²) in [4.78, 5) is 25.4. The number of amides is 1. The number of benzene rings is 1. The summed E-state index contributed by atoms with van der Waals surface area (Å²) in [7, 11) is -2.12. The van der Waals surface area contributed by atoms with Crippen LogP contribution in [0.15, 0.2) is 47.5 Å². The monoisotopic (exact) mass is 463 g/mol. The van der Waals surface area contributed by atoms with Gasteiger partial charge in [0, 0.05) is 26.3 Å². The molecule has 1 unspecified atom stereocenters. The predicted octanol–water partition coefficient (Wildman–Crippen LogP) is 1.86. The van der Waals surface area contributed by atoms with E-state index in [0.717, 1.165) is 5.56 Å². The highest BCUT2D eigenvalue weighted by Crippen LogP contribution is 2.22. The summed E-state index contributed by atoms with van der Waals surface area (Å²) < 4.78 is 39.1. The summed E-state index contributed by atoms with van der Waals surface area (Å²) in [6, 6.07) is 9.84. The molecule has 0 aliphatic carbocycles. The van der Waals surface area contributed by atoms with Crippen molar-refractivity contribution in [3.05, 3.63) is 53.9 Å². The molecule has 3 rings (SSSR count). The zero-order chi connectivity index (χ0) is 23.3. The number of carbonyl (C=O) groups is 2. The molecule has 2 aromatic rings. The van der Waals surface area contributed by atoms with Crippen LogP contribution in [-0.4, -0.2) is 61.6 Å². The standard InChI is InChI=1S/C22H29N3O6S/c1-16(2)31-21(26)14-19(17-7-5-4-6-8-17)23-22(27)20-13-18(15-24(20)3)32(28,29)25-9-11-30-12-10-25/h4-8,13,15-16,19H,9-12,14H2,1-3H3,(H,23,27). The average Bonchev–Trinajstić information content (AvgIpc) is 3.16. The van der Waals surface area contributed by atoms with Crippen molar-refractivity contribution >= 4 is 21.9 Å². The van der Waals surface area contributed by atoms with Gasteiger partial charge in [-0.3, -0.25) is 9.59 Å². The Bertz CT molecular complexity index is 1040. The molecule has 0 bridgehead atoms. The Morgan fingerprint density at radius 1 is 1.16 bits per heavy atom. The van der Waals surface area contributed by atoms with Crippen molar-refractivity contribution in [3.8, 4) is 0 Å². The van der Waals surface area contributed by atoms with Crippen LogP contribution >= 0.6 is 0 Å². The van der Waals surface area contributed by atoms with Crippen molar-refractivity contribution in [1.82, 2.24) is 14.2 Å². The number of ether oxygens (including phenoxy) is 2. The smallest absolute Gasteiger partial charge is 0.308 e. The molecule has 0 spiro atoms. The number of hydrogen-bond donors (Lipinski definition) is 1. The quantitative estimate of drug-likeness (QED) is 0.599. The third-order valence-electron chi connectivity index (χ3n) is 5.07. The van der Waals surface area contributed by atoms with Gasteiger partial charge in [0.2, 0.25) is 10.0 Å². The lowest BCUT2D eigenvalue weighted by Crippen LogP contribution is -2.40. The third-order valence-corrected chi connectivity index (χ3v) is 6.93. The van der Waals surface area contributed by atoms with Gasteiger partial charge < -0.3 is 19.4 Å². The van der Waals surface area contributed by atoms with Crippen molar-refractivity contribution in [1.29, 1.82) is 0 Å². The molecule has 2 heterocycles. The first-order chi connectivity index (χ1) is 15.2. The maximum atomic E-state index is 13.1. The largest absolute Gasteiger partial charge is 0.463 e. The van der Waals surface area contributed by atoms with Crippen molar-refractivity contribution in [3.63, 3.8) is 0 Å². The van der Waals surface area contributed by atoms with Crippen molar-refractivity contribution in [2.24, 2.45) is 7.05 Å². The van der Waals surface area contributed by atoms with Crippen LogP contribution in [0, 0.1) is 0 Å². The van der Waals surface area contributed by atoms with Crippen molar-refractivity contribution < 1.29 is 27.5 Å². The lowest BCUT2D eigenvalue weighted by molar-refractivity contribution is -0.147. The van der Waals surface area contributed by atoms with Gasteiger partial charge >= 0.3 is 5.97 Å². The van der Waals surface area contributed by atoms with Gasteiger partial charge in [0.05, 0.1) is 31.8 Å². The van der Waals surface area contributed by atoms with Crippen LogP contribution in [0.5, 0.6) is 0 Å². The second-order valence-corrected chi connectivity index (χ2v) is 9.81. The van der Waals surface area contributed by atoms with Gasteiger partial charge in [-0.25, -0.2) is 8.42 Å². The normalized spacial score (nSPS) is 16.0. The fourth-order valence-corrected chi connectivity index (χ4v) is 4.96. The summed E-state index contributed by atoms with van der Waals surface area (Å²) in [5, 5.41) is 2.85. The van der Waals surface area contributed by atoms with Gasteiger partial charge in [-0.15, -0.1) is 0 Å². The molecule has 1 aromatic carbocycles. The van der Waals surface area contributed by atoms with Gasteiger partial charge in [0.1, 0.15) is 10.6 Å². The lowest BCUT2D eigenvalue weighted by Gasteiger charge is -2.25. The van der Waals surface area contributed by atoms with E-state index >= 15 is 0 Å². The highest BCUT2D eigenvalue weighted by atomic mass is 32.2. The first kappa shape index (κ1) is 24.0. The van der Waals surface area contributed by atoms with E-state index < -0.39 is 27.9 Å². The molecule has 0 radical (unpaired) electrons. The van der Waals surface area contributed by atoms with Crippen LogP contribution in [0.2, 0.25) is 0 Å². The Balaban J connectivity index is 1.81. The molecule has 1 aliphatic heterocycles. The SMILES string of the molecule is CC(C)OC(=O)CC(NC(=O)c1cc(S(=O)(=O)N2CCOCC2)cn1C)c1ccccc1. The van der Waals surface area contributed by atoms with Gasteiger partial charge in [-0.05, 0) is 25.5 Å². The fraction of sp³-hybridized carbons (Fsp3) is 0.455. The maximum absolute atomic E-state index is 13.1. The Labute approximate surface area is 188 Å². The molecule has 1 fully saturated rings. The molecule has 1 aromatic heterocycles. The highest BCUT2D eigenvalue weighted by Gasteiger charge is 2.29. The summed E-state index contributed by atoms with van der Waals surface area (Å²) in [6.45, 7) is 4.73. The van der Waals surface area contributed by atoms with Crippen LogP contribution < -0.4 is 5.32 Å². The number of carbonyl (C=O) groups excluding carboxylic acids is 2. The second kappa shape index (κ2) is 10.3. The number of hydrogen-bond acceptors (Lipinski definition) is 6. The molecule has 1 atom stereocenters. The van der Waals surface area contributed by atoms with Crippen molar-refractivity contribution in [2.75, 3.05) is 26.3 Å². The molecule has 1 saturated heterocycles. The van der Waals surface area contributed by atoms with Crippen LogP contribution in [0.4, 0.5) is 0 Å². The molecular weight excluding hydrogens is 434 g/mol. The third kappa shape index (κ3) is 5.76. The van der Waals surface area contributed by atoms with Crippen molar-refractivity contribution in [2.45, 2.75) is 37.3 Å². The Kier molecular flexibility index (Phi) is 7.70. The number of aromatic nitrogens is 1. The lowest BCUT2D eigenvalue weighted by atomic mass is 10.0. The minimum atomic E-state index is -3.73. The number of aryl methyl sites for hydroxylation is 1. The number of nitrogens with zero attached hydrogens (tertiary/aromatic N) is 2. The highest BCUT2D eigenvalue weighted by molar-refractivity contribution is 7.89. The van der Waals surface area contributed by atoms with E-state index in [1.807, 2.05) is 30.3 Å². The van der Waals surface area contributed by atoms with Crippen LogP contribution in [0.1, 0.15) is 42.4 Å². The van der Waals surface area contributed by atoms with Crippen LogP contribution in [-0.2, 0) is 31.3 Å². The predicted molar refractivity (Wildman–Crippen MR) is 117 cm³/mol. The maximum Gasteiger partial charge on any atom is 0.308 e. The Hall–Kier alpha value is -2.69. The topological polar surface area (TPSA) is 107 Å². The number of morpholine rings is 1. The van der Waals surface area contributed by atoms with E-state index in [9.17, 15) is 18.0 Å². The fourth-order valence-electron chi connectivity index (χ4n) is 3.48. The van der Waals surface area contributed by atoms with E-state index in [-0.39, 0.29) is 36.2 Å². The molecule has 1 amide bonds. The number of rotatable bonds is 8. The number of nitrogens with one attached hydrogen (secondary N) is 1. The van der Waals surface area contributed by atoms with Gasteiger partial charge in [-0.1, -0.05) is 30.3 Å². The molecule has 1 aliphatic rings. The molecule has 1 N–H and O–H groups in total. The zero-order valence-corrected chi connectivity index (χ0v) is 19.3. The minimum absolute atomic E-state index is 0.0440. The first-order valence-corrected chi connectivity index (χ1v) is 11.9. The summed E-state index contributed by atoms with van der Waals surface area (Å²) in [6.07, 6.45) is 1.11. The molecule has 32 heavy (non-hydrogen) atoms. The van der Waals surface area contributed by atoms with E-state index in [1.54, 1.807) is 20.9 Å². The molecule has 10 heteroatoms. The molecular formula is C22H29N3O6S. The average molecular weight is 464 g/mol. The van der Waals surface area contributed by atoms with E-state index in [2.05, 4.69) is 5.32 Å². The van der Waals surface area contributed by atoms with E-state index in [1.165, 1.54) is 21.1 Å². The minimum Gasteiger partial charge on any atom is -0.463 e.